The molecule has 0 bridgehead atoms. The highest BCUT2D eigenvalue weighted by molar-refractivity contribution is 7.17. The summed E-state index contributed by atoms with van der Waals surface area (Å²) in [5, 5.41) is 0.755. The third kappa shape index (κ3) is 4.64. The molecule has 1 aromatic carbocycles. The van der Waals surface area contributed by atoms with Crippen molar-refractivity contribution >= 4 is 17.2 Å². The first-order chi connectivity index (χ1) is 14.5. The van der Waals surface area contributed by atoms with E-state index in [0.29, 0.717) is 17.0 Å². The van der Waals surface area contributed by atoms with Crippen molar-refractivity contribution in [2.24, 2.45) is 0 Å². The first-order valence-corrected chi connectivity index (χ1v) is 11.2. The van der Waals surface area contributed by atoms with Crippen molar-refractivity contribution in [3.63, 3.8) is 0 Å². The van der Waals surface area contributed by atoms with Crippen LogP contribution in [0.2, 0.25) is 0 Å². The Balaban J connectivity index is 1.28. The van der Waals surface area contributed by atoms with E-state index < -0.39 is 0 Å². The molecular formula is C23H28N4O2S. The van der Waals surface area contributed by atoms with Crippen LogP contribution in [0.5, 0.6) is 0 Å². The number of hydrogen-bond acceptors (Lipinski definition) is 6. The largest absolute Gasteiger partial charge is 0.459 e. The third-order valence-electron chi connectivity index (χ3n) is 5.52. The van der Waals surface area contributed by atoms with E-state index >= 15 is 0 Å². The molecule has 2 N–H and O–H groups in total. The second-order valence-corrected chi connectivity index (χ2v) is 8.90. The van der Waals surface area contributed by atoms with Gasteiger partial charge in [0.2, 0.25) is 0 Å². The van der Waals surface area contributed by atoms with E-state index in [1.165, 1.54) is 16.9 Å². The Morgan fingerprint density at radius 2 is 2.00 bits per heavy atom. The zero-order valence-electron chi connectivity index (χ0n) is 17.6. The van der Waals surface area contributed by atoms with Crippen LogP contribution in [0.15, 0.2) is 46.9 Å². The average Bonchev–Trinajstić information content (AvgIpc) is 3.48. The van der Waals surface area contributed by atoms with Gasteiger partial charge >= 0.3 is 0 Å². The number of hydrogen-bond donors (Lipinski definition) is 2. The molecule has 3 aromatic rings. The summed E-state index contributed by atoms with van der Waals surface area (Å²) in [5.41, 5.74) is 8.86. The van der Waals surface area contributed by atoms with Gasteiger partial charge < -0.3 is 9.32 Å². The number of amides is 1. The standard InChI is InChI=1S/C23H28N4O2S/c1-15-11-12-20(29-15)22-24-16(2)21(30-22)23(28)27(3)13-7-10-18-14-19(26-25-18)17-8-5-4-6-9-17/h4-6,8-9,11-12,18-19,25-26H,7,10,13-14H2,1-3H3. The van der Waals surface area contributed by atoms with Crippen LogP contribution in [0.3, 0.4) is 0 Å². The van der Waals surface area contributed by atoms with Crippen molar-refractivity contribution < 1.29 is 9.21 Å². The minimum atomic E-state index is 0.0270. The third-order valence-corrected chi connectivity index (χ3v) is 6.68. The zero-order valence-corrected chi connectivity index (χ0v) is 18.5. The van der Waals surface area contributed by atoms with Gasteiger partial charge in [0.25, 0.3) is 5.91 Å². The fourth-order valence-corrected chi connectivity index (χ4v) is 4.84. The molecule has 7 heteroatoms. The SMILES string of the molecule is Cc1ccc(-c2nc(C)c(C(=O)N(C)CCCC3CC(c4ccccc4)NN3)s2)o1. The van der Waals surface area contributed by atoms with E-state index in [4.69, 9.17) is 4.42 Å². The second kappa shape index (κ2) is 9.12. The van der Waals surface area contributed by atoms with Gasteiger partial charge in [0, 0.05) is 25.7 Å². The molecule has 2 atom stereocenters. The van der Waals surface area contributed by atoms with E-state index in [-0.39, 0.29) is 5.91 Å². The van der Waals surface area contributed by atoms with Crippen LogP contribution in [0.25, 0.3) is 10.8 Å². The van der Waals surface area contributed by atoms with Crippen LogP contribution in [0.1, 0.15) is 52.0 Å². The van der Waals surface area contributed by atoms with Crippen LogP contribution in [0.4, 0.5) is 0 Å². The van der Waals surface area contributed by atoms with Gasteiger partial charge in [0.1, 0.15) is 10.6 Å². The van der Waals surface area contributed by atoms with Crippen molar-refractivity contribution in [1.82, 2.24) is 20.7 Å². The zero-order chi connectivity index (χ0) is 21.1. The number of benzene rings is 1. The van der Waals surface area contributed by atoms with Crippen LogP contribution in [0, 0.1) is 13.8 Å². The quantitative estimate of drug-likeness (QED) is 0.585. The highest BCUT2D eigenvalue weighted by atomic mass is 32.1. The molecule has 6 nitrogen and oxygen atoms in total. The average molecular weight is 425 g/mol. The summed E-state index contributed by atoms with van der Waals surface area (Å²) < 4.78 is 5.65. The summed E-state index contributed by atoms with van der Waals surface area (Å²) in [7, 11) is 1.87. The lowest BCUT2D eigenvalue weighted by molar-refractivity contribution is 0.0795. The van der Waals surface area contributed by atoms with Gasteiger partial charge in [-0.15, -0.1) is 11.3 Å². The maximum absolute atomic E-state index is 12.9. The first kappa shape index (κ1) is 20.8. The van der Waals surface area contributed by atoms with Crippen LogP contribution >= 0.6 is 11.3 Å². The maximum Gasteiger partial charge on any atom is 0.265 e. The van der Waals surface area contributed by atoms with Crippen molar-refractivity contribution in [2.75, 3.05) is 13.6 Å². The summed E-state index contributed by atoms with van der Waals surface area (Å²) in [6.07, 6.45) is 3.03. The Hall–Kier alpha value is -2.48. The summed E-state index contributed by atoms with van der Waals surface area (Å²) in [5.74, 6) is 1.58. The Morgan fingerprint density at radius 1 is 1.20 bits per heavy atom. The monoisotopic (exact) mass is 424 g/mol. The first-order valence-electron chi connectivity index (χ1n) is 10.4. The highest BCUT2D eigenvalue weighted by Gasteiger charge is 2.25. The molecule has 0 aliphatic carbocycles. The number of aryl methyl sites for hydroxylation is 2. The van der Waals surface area contributed by atoms with Gasteiger partial charge in [0.15, 0.2) is 10.8 Å². The van der Waals surface area contributed by atoms with Crippen molar-refractivity contribution in [2.45, 2.75) is 45.2 Å². The number of nitrogens with one attached hydrogen (secondary N) is 2. The molecule has 2 unspecified atom stereocenters. The lowest BCUT2D eigenvalue weighted by atomic mass is 10.00. The van der Waals surface area contributed by atoms with Crippen LogP contribution in [-0.2, 0) is 0 Å². The summed E-state index contributed by atoms with van der Waals surface area (Å²) in [6.45, 7) is 4.51. The lowest BCUT2D eigenvalue weighted by Crippen LogP contribution is -2.32. The normalized spacial score (nSPS) is 18.6. The number of rotatable bonds is 7. The number of thiazole rings is 1. The van der Waals surface area contributed by atoms with Gasteiger partial charge in [-0.2, -0.15) is 0 Å². The molecule has 1 amide bonds. The summed E-state index contributed by atoms with van der Waals surface area (Å²) in [4.78, 5) is 19.9. The topological polar surface area (TPSA) is 70.4 Å². The van der Waals surface area contributed by atoms with Crippen molar-refractivity contribution in [3.8, 4) is 10.8 Å². The molecule has 1 aliphatic heterocycles. The summed E-state index contributed by atoms with van der Waals surface area (Å²) in [6, 6.07) is 15.1. The minimum Gasteiger partial charge on any atom is -0.459 e. The summed E-state index contributed by atoms with van der Waals surface area (Å²) >= 11 is 1.40. The fourth-order valence-electron chi connectivity index (χ4n) is 3.82. The second-order valence-electron chi connectivity index (χ2n) is 7.90. The molecule has 4 rings (SSSR count). The molecule has 158 valence electrons. The minimum absolute atomic E-state index is 0.0270. The van der Waals surface area contributed by atoms with Crippen molar-refractivity contribution in [1.29, 1.82) is 0 Å². The van der Waals surface area contributed by atoms with E-state index in [2.05, 4.69) is 40.1 Å². The Kier molecular flexibility index (Phi) is 6.32. The lowest BCUT2D eigenvalue weighted by Gasteiger charge is -2.17. The molecule has 1 saturated heterocycles. The van der Waals surface area contributed by atoms with E-state index in [1.807, 2.05) is 39.1 Å². The Bertz CT molecular complexity index is 998. The predicted octanol–water partition coefficient (Wildman–Crippen LogP) is 4.48. The van der Waals surface area contributed by atoms with Gasteiger partial charge in [-0.25, -0.2) is 4.98 Å². The molecule has 2 aromatic heterocycles. The van der Waals surface area contributed by atoms with E-state index in [0.717, 1.165) is 48.0 Å². The number of nitrogens with zero attached hydrogens (tertiary/aromatic N) is 2. The number of carbonyl (C=O) groups is 1. The predicted molar refractivity (Wildman–Crippen MR) is 119 cm³/mol. The number of aromatic nitrogens is 1. The van der Waals surface area contributed by atoms with Crippen LogP contribution < -0.4 is 10.9 Å². The van der Waals surface area contributed by atoms with Gasteiger partial charge in [-0.3, -0.25) is 15.6 Å². The smallest absolute Gasteiger partial charge is 0.265 e. The van der Waals surface area contributed by atoms with Gasteiger partial charge in [-0.1, -0.05) is 30.3 Å². The molecule has 0 spiro atoms. The van der Waals surface area contributed by atoms with E-state index in [1.54, 1.807) is 4.90 Å². The fraction of sp³-hybridized carbons (Fsp3) is 0.391. The Morgan fingerprint density at radius 3 is 2.73 bits per heavy atom. The molecule has 30 heavy (non-hydrogen) atoms. The molecule has 1 aliphatic rings. The molecule has 3 heterocycles. The Labute approximate surface area is 181 Å². The maximum atomic E-state index is 12.9. The van der Waals surface area contributed by atoms with Gasteiger partial charge in [-0.05, 0) is 50.8 Å². The number of hydrazine groups is 1. The molecule has 0 radical (unpaired) electrons. The number of carbonyl (C=O) groups excluding carboxylic acids is 1. The van der Waals surface area contributed by atoms with Gasteiger partial charge in [0.05, 0.1) is 5.69 Å². The molecule has 0 saturated carbocycles. The van der Waals surface area contributed by atoms with E-state index in [9.17, 15) is 4.79 Å². The highest BCUT2D eigenvalue weighted by Crippen LogP contribution is 2.30. The molecular weight excluding hydrogens is 396 g/mol. The van der Waals surface area contributed by atoms with Crippen LogP contribution in [-0.4, -0.2) is 35.4 Å². The number of furan rings is 1. The van der Waals surface area contributed by atoms with Crippen molar-refractivity contribution in [3.05, 3.63) is 64.4 Å². The molecule has 1 fully saturated rings.